The van der Waals surface area contributed by atoms with Crippen LogP contribution < -0.4 is 15.2 Å². The fourth-order valence-electron chi connectivity index (χ4n) is 3.71. The molecule has 0 radical (unpaired) electrons. The van der Waals surface area contributed by atoms with E-state index in [0.29, 0.717) is 12.3 Å². The summed E-state index contributed by atoms with van der Waals surface area (Å²) in [7, 11) is 0. The van der Waals surface area contributed by atoms with Crippen LogP contribution in [0.3, 0.4) is 0 Å². The Morgan fingerprint density at radius 2 is 1.96 bits per heavy atom. The first-order valence-electron chi connectivity index (χ1n) is 9.36. The Bertz CT molecular complexity index is 905. The minimum absolute atomic E-state index is 0.0469. The molecule has 4 rings (SSSR count). The van der Waals surface area contributed by atoms with Gasteiger partial charge in [-0.2, -0.15) is 0 Å². The molecule has 2 aromatic carbocycles. The molecule has 1 atom stereocenters. The molecule has 5 nitrogen and oxygen atoms in total. The van der Waals surface area contributed by atoms with Crippen molar-refractivity contribution < 1.29 is 14.3 Å². The number of carbonyl (C=O) groups is 2. The monoisotopic (exact) mass is 362 g/mol. The van der Waals surface area contributed by atoms with Gasteiger partial charge >= 0.3 is 0 Å². The standard InChI is InChI=1S/C22H22N2O3/c1-2-13-27-20-10-6-9-17-15(11-12-18(17)20)14-19-21(25)23-24(22(19)26)16-7-4-3-5-8-16/h3-10,14-15H,2,11-13H2,1H3,(H,23,25). The van der Waals surface area contributed by atoms with Crippen LogP contribution in [0, 0.1) is 0 Å². The van der Waals surface area contributed by atoms with Crippen LogP contribution in [0.1, 0.15) is 36.8 Å². The molecule has 5 heteroatoms. The van der Waals surface area contributed by atoms with E-state index in [1.54, 1.807) is 12.1 Å². The van der Waals surface area contributed by atoms with Crippen LogP contribution >= 0.6 is 0 Å². The molecule has 0 aromatic heterocycles. The molecule has 1 aliphatic heterocycles. The van der Waals surface area contributed by atoms with Gasteiger partial charge in [-0.15, -0.1) is 0 Å². The van der Waals surface area contributed by atoms with Crippen molar-refractivity contribution in [3.8, 4) is 5.75 Å². The van der Waals surface area contributed by atoms with Crippen LogP contribution in [-0.2, 0) is 16.0 Å². The van der Waals surface area contributed by atoms with Crippen molar-refractivity contribution in [1.82, 2.24) is 5.43 Å². The summed E-state index contributed by atoms with van der Waals surface area (Å²) in [4.78, 5) is 25.2. The first kappa shape index (κ1) is 17.3. The van der Waals surface area contributed by atoms with Crippen LogP contribution in [0.2, 0.25) is 0 Å². The van der Waals surface area contributed by atoms with Gasteiger partial charge in [-0.1, -0.05) is 43.3 Å². The minimum atomic E-state index is -0.351. The maximum atomic E-state index is 12.8. The Balaban J connectivity index is 1.61. The highest BCUT2D eigenvalue weighted by Gasteiger charge is 2.36. The van der Waals surface area contributed by atoms with Gasteiger partial charge in [0.2, 0.25) is 0 Å². The van der Waals surface area contributed by atoms with Crippen molar-refractivity contribution in [3.05, 3.63) is 71.3 Å². The largest absolute Gasteiger partial charge is 0.493 e. The zero-order valence-corrected chi connectivity index (χ0v) is 15.3. The number of carbonyl (C=O) groups excluding carboxylic acids is 2. The highest BCUT2D eigenvalue weighted by molar-refractivity contribution is 6.29. The van der Waals surface area contributed by atoms with Crippen molar-refractivity contribution in [2.75, 3.05) is 11.6 Å². The average molecular weight is 362 g/mol. The van der Waals surface area contributed by atoms with Gasteiger partial charge in [0.1, 0.15) is 11.3 Å². The van der Waals surface area contributed by atoms with E-state index < -0.39 is 0 Å². The Hall–Kier alpha value is -3.08. The van der Waals surface area contributed by atoms with Gasteiger partial charge in [0, 0.05) is 5.92 Å². The molecule has 138 valence electrons. The maximum absolute atomic E-state index is 12.8. The number of hydrogen-bond acceptors (Lipinski definition) is 3. The zero-order valence-electron chi connectivity index (χ0n) is 15.3. The number of fused-ring (bicyclic) bond motifs is 1. The number of para-hydroxylation sites is 1. The molecule has 0 saturated carbocycles. The number of benzene rings is 2. The molecule has 27 heavy (non-hydrogen) atoms. The molecular formula is C22H22N2O3. The fourth-order valence-corrected chi connectivity index (χ4v) is 3.71. The van der Waals surface area contributed by atoms with Crippen LogP contribution in [0.25, 0.3) is 0 Å². The van der Waals surface area contributed by atoms with Gasteiger partial charge in [-0.25, -0.2) is 5.01 Å². The third-order valence-electron chi connectivity index (χ3n) is 5.01. The maximum Gasteiger partial charge on any atom is 0.282 e. The Kier molecular flexibility index (Phi) is 4.67. The molecule has 1 fully saturated rings. The quantitative estimate of drug-likeness (QED) is 0.654. The van der Waals surface area contributed by atoms with Crippen LogP contribution in [0.5, 0.6) is 5.75 Å². The van der Waals surface area contributed by atoms with Gasteiger partial charge in [-0.3, -0.25) is 15.0 Å². The summed E-state index contributed by atoms with van der Waals surface area (Å²) in [6, 6.07) is 15.2. The normalized spacial score (nSPS) is 20.1. The highest BCUT2D eigenvalue weighted by Crippen LogP contribution is 2.40. The summed E-state index contributed by atoms with van der Waals surface area (Å²) in [6.45, 7) is 2.77. The molecule has 2 aliphatic rings. The second-order valence-corrected chi connectivity index (χ2v) is 6.81. The van der Waals surface area contributed by atoms with Gasteiger partial charge in [-0.05, 0) is 48.6 Å². The Labute approximate surface area is 158 Å². The van der Waals surface area contributed by atoms with E-state index in [-0.39, 0.29) is 23.3 Å². The van der Waals surface area contributed by atoms with E-state index >= 15 is 0 Å². The summed E-state index contributed by atoms with van der Waals surface area (Å²) in [5.41, 5.74) is 5.86. The number of allylic oxidation sites excluding steroid dienone is 1. The number of nitrogens with zero attached hydrogens (tertiary/aromatic N) is 1. The van der Waals surface area contributed by atoms with E-state index in [9.17, 15) is 9.59 Å². The van der Waals surface area contributed by atoms with E-state index in [2.05, 4.69) is 18.4 Å². The molecule has 0 bridgehead atoms. The summed E-state index contributed by atoms with van der Waals surface area (Å²) < 4.78 is 5.86. The van der Waals surface area contributed by atoms with E-state index in [0.717, 1.165) is 30.6 Å². The zero-order chi connectivity index (χ0) is 18.8. The van der Waals surface area contributed by atoms with Gasteiger partial charge in [0.15, 0.2) is 0 Å². The van der Waals surface area contributed by atoms with E-state index in [4.69, 9.17) is 4.74 Å². The lowest BCUT2D eigenvalue weighted by molar-refractivity contribution is -0.117. The van der Waals surface area contributed by atoms with Crippen LogP contribution in [0.4, 0.5) is 5.69 Å². The lowest BCUT2D eigenvalue weighted by Crippen LogP contribution is -2.35. The summed E-state index contributed by atoms with van der Waals surface area (Å²) in [5, 5.41) is 1.31. The topological polar surface area (TPSA) is 58.6 Å². The number of anilines is 1. The van der Waals surface area contributed by atoms with Crippen LogP contribution in [-0.4, -0.2) is 18.4 Å². The number of rotatable bonds is 5. The van der Waals surface area contributed by atoms with Gasteiger partial charge < -0.3 is 4.74 Å². The molecule has 1 heterocycles. The SMILES string of the molecule is CCCOc1cccc2c1CCC2C=C1C(=O)NN(c2ccccc2)C1=O. The van der Waals surface area contributed by atoms with Crippen LogP contribution in [0.15, 0.2) is 60.2 Å². The molecule has 1 saturated heterocycles. The number of hydrazine groups is 1. The highest BCUT2D eigenvalue weighted by atomic mass is 16.5. The predicted octanol–water partition coefficient (Wildman–Crippen LogP) is 3.51. The number of hydrogen-bond donors (Lipinski definition) is 1. The van der Waals surface area contributed by atoms with E-state index in [1.165, 1.54) is 10.6 Å². The first-order chi connectivity index (χ1) is 13.2. The minimum Gasteiger partial charge on any atom is -0.493 e. The first-order valence-corrected chi connectivity index (χ1v) is 9.36. The molecule has 0 spiro atoms. The summed E-state index contributed by atoms with van der Waals surface area (Å²) in [6.07, 6.45) is 4.54. The van der Waals surface area contributed by atoms with Crippen molar-refractivity contribution in [2.45, 2.75) is 32.1 Å². The smallest absolute Gasteiger partial charge is 0.282 e. The van der Waals surface area contributed by atoms with Gasteiger partial charge in [0.05, 0.1) is 12.3 Å². The van der Waals surface area contributed by atoms with Crippen molar-refractivity contribution >= 4 is 17.5 Å². The third kappa shape index (κ3) is 3.21. The number of amides is 2. The van der Waals surface area contributed by atoms with Crippen molar-refractivity contribution in [3.63, 3.8) is 0 Å². The lowest BCUT2D eigenvalue weighted by atomic mass is 9.98. The second kappa shape index (κ2) is 7.27. The van der Waals surface area contributed by atoms with Gasteiger partial charge in [0.25, 0.3) is 11.8 Å². The number of ether oxygens (including phenoxy) is 1. The van der Waals surface area contributed by atoms with Crippen molar-refractivity contribution in [2.24, 2.45) is 0 Å². The molecule has 1 aliphatic carbocycles. The molecule has 1 N–H and O–H groups in total. The molecule has 2 aromatic rings. The molecular weight excluding hydrogens is 340 g/mol. The lowest BCUT2D eigenvalue weighted by Gasteiger charge is -2.14. The van der Waals surface area contributed by atoms with E-state index in [1.807, 2.05) is 36.4 Å². The summed E-state index contributed by atoms with van der Waals surface area (Å²) in [5.74, 6) is 0.308. The predicted molar refractivity (Wildman–Crippen MR) is 103 cm³/mol. The number of nitrogens with one attached hydrogen (secondary N) is 1. The fraction of sp³-hybridized carbons (Fsp3) is 0.273. The Morgan fingerprint density at radius 1 is 1.15 bits per heavy atom. The molecule has 2 amide bonds. The molecule has 1 unspecified atom stereocenters. The third-order valence-corrected chi connectivity index (χ3v) is 5.01. The second-order valence-electron chi connectivity index (χ2n) is 6.81. The Morgan fingerprint density at radius 3 is 2.74 bits per heavy atom. The summed E-state index contributed by atoms with van der Waals surface area (Å²) >= 11 is 0. The average Bonchev–Trinajstić information content (AvgIpc) is 3.23. The van der Waals surface area contributed by atoms with Crippen molar-refractivity contribution in [1.29, 1.82) is 0 Å².